The first kappa shape index (κ1) is 79.1. The minimum Gasteiger partial charge on any atom is -0.480 e. The molecule has 0 bridgehead atoms. The number of carboxylic acids is 1. The number of ether oxygens (including phenoxy) is 3. The van der Waals surface area contributed by atoms with Crippen molar-refractivity contribution in [2.45, 2.75) is 84.9 Å². The molecule has 558 valence electrons. The number of amides is 9. The zero-order valence-electron chi connectivity index (χ0n) is 58.6. The molecule has 8 aromatic heterocycles. The van der Waals surface area contributed by atoms with Crippen LogP contribution in [0.25, 0.3) is 32.7 Å². The van der Waals surface area contributed by atoms with E-state index in [2.05, 4.69) is 78.4 Å². The molecule has 0 saturated carbocycles. The molecular weight excluding hydrogens is 1480 g/mol. The van der Waals surface area contributed by atoms with Crippen LogP contribution in [-0.2, 0) is 48.2 Å². The number of methoxy groups -OCH3 is 2. The Labute approximate surface area is 629 Å². The van der Waals surface area contributed by atoms with Gasteiger partial charge >= 0.3 is 24.0 Å². The van der Waals surface area contributed by atoms with Gasteiger partial charge < -0.3 is 67.2 Å². The second kappa shape index (κ2) is 36.6. The highest BCUT2D eigenvalue weighted by atomic mass is 32.1. The summed E-state index contributed by atoms with van der Waals surface area (Å²) >= 11 is 5.48. The number of rotatable bonds is 26. The summed E-state index contributed by atoms with van der Waals surface area (Å²) in [4.78, 5) is 152. The topological polar surface area (TPSA) is 447 Å². The van der Waals surface area contributed by atoms with Crippen molar-refractivity contribution in [3.05, 3.63) is 199 Å². The summed E-state index contributed by atoms with van der Waals surface area (Å²) < 4.78 is 14.7. The van der Waals surface area contributed by atoms with E-state index in [1.165, 1.54) is 36.9 Å². The Morgan fingerprint density at radius 3 is 1.07 bits per heavy atom. The summed E-state index contributed by atoms with van der Waals surface area (Å²) in [7, 11) is 2.38. The maximum Gasteiger partial charge on any atom is 0.407 e. The normalized spacial score (nSPS) is 11.8. The van der Waals surface area contributed by atoms with Crippen molar-refractivity contribution in [1.29, 1.82) is 0 Å². The third kappa shape index (κ3) is 21.4. The summed E-state index contributed by atoms with van der Waals surface area (Å²) in [6.45, 7) is 10.4. The van der Waals surface area contributed by atoms with E-state index in [4.69, 9.17) is 14.2 Å². The first-order chi connectivity index (χ1) is 51.2. The highest BCUT2D eigenvalue weighted by Crippen LogP contribution is 2.27. The average Bonchev–Trinajstić information content (AvgIpc) is 1.73. The number of aliphatic carboxylic acids is 1. The van der Waals surface area contributed by atoms with Crippen LogP contribution in [0.3, 0.4) is 0 Å². The van der Waals surface area contributed by atoms with Crippen molar-refractivity contribution in [3.8, 4) is 0 Å². The Morgan fingerprint density at radius 2 is 0.757 bits per heavy atom. The first-order valence-electron chi connectivity index (χ1n) is 32.5. The van der Waals surface area contributed by atoms with Gasteiger partial charge in [-0.05, 0) is 134 Å². The largest absolute Gasteiger partial charge is 0.480 e. The number of hydrogen-bond donors (Lipinski definition) is 13. The van der Waals surface area contributed by atoms with Gasteiger partial charge in [-0.1, -0.05) is 48.5 Å². The number of alkyl carbamates (subject to hydrolysis) is 1. The van der Waals surface area contributed by atoms with Crippen LogP contribution in [0.2, 0.25) is 0 Å². The molecule has 0 aliphatic heterocycles. The molecule has 0 aliphatic rings. The number of carbonyl (C=O) groups is 12. The van der Waals surface area contributed by atoms with Crippen molar-refractivity contribution in [3.63, 3.8) is 0 Å². The lowest BCUT2D eigenvalue weighted by molar-refractivity contribution is -0.143. The van der Waals surface area contributed by atoms with Crippen LogP contribution in [0.15, 0.2) is 126 Å². The number of aromatic amines is 3. The summed E-state index contributed by atoms with van der Waals surface area (Å²) in [5, 5.41) is 60.1. The number of carboxylic acid groups (broad SMARTS) is 1. The van der Waals surface area contributed by atoms with Gasteiger partial charge in [0.05, 0.1) is 94.9 Å². The van der Waals surface area contributed by atoms with E-state index in [-0.39, 0.29) is 71.0 Å². The van der Waals surface area contributed by atoms with Gasteiger partial charge in [-0.2, -0.15) is 15.3 Å². The fourth-order valence-corrected chi connectivity index (χ4v) is 14.5. The second-order valence-electron chi connectivity index (χ2n) is 24.4. The number of nitrogens with one attached hydrogen (secondary N) is 12. The van der Waals surface area contributed by atoms with Crippen LogP contribution in [-0.4, -0.2) is 165 Å². The van der Waals surface area contributed by atoms with E-state index in [0.717, 1.165) is 83.4 Å². The predicted molar refractivity (Wildman–Crippen MR) is 402 cm³/mol. The standard InChI is InChI=1S/C24H29N5O6S.C24H23N5O5S2.C23H21N5O5S2/c1-13-9-18(20(30)25-10-14-7-6-8-16-15(14)11-27-29-16)36-19(13)21(31)28-17(22(32)34-5)12-26-23(33)35-24(2,3)4;1-13-9-19(22(31)25-10-14-5-3-6-16-15(14)11-27-29-16)36-20(13)23(32)28-17(24(33)34-2)12-26-21(30)18-7-4-8-35-18;1-12-8-18(21(30)24-9-13-4-2-5-15-14(13)10-26-28-15)35-19(12)22(31)27-16(23(32)33)11-25-20(29)17-6-3-7-34-17/h6-9,11,17H,10,12H2,1-5H3,(H,25,30)(H,26,33)(H,27,29)(H,28,31);3-9,11,17H,10,12H2,1-2H3,(H,25,31)(H,26,30)(H,27,29)(H,28,32);2-8,10,16H,9,11H2,1H3,(H,24,30)(H,25,29)(H,26,28)(H,27,31)(H,32,33)/t2*17-;16-/m000/s1. The van der Waals surface area contributed by atoms with E-state index in [1.807, 2.05) is 54.6 Å². The third-order valence-corrected chi connectivity index (χ3v) is 21.0. The molecule has 3 atom stereocenters. The molecule has 3 aromatic carbocycles. The number of thiophene rings is 5. The monoisotopic (exact) mass is 1550 g/mol. The predicted octanol–water partition coefficient (Wildman–Crippen LogP) is 7.82. The van der Waals surface area contributed by atoms with Gasteiger partial charge in [0.1, 0.15) is 23.7 Å². The smallest absolute Gasteiger partial charge is 0.407 e. The van der Waals surface area contributed by atoms with E-state index in [9.17, 15) is 62.6 Å². The number of esters is 2. The van der Waals surface area contributed by atoms with Gasteiger partial charge in [-0.25, -0.2) is 19.2 Å². The minimum atomic E-state index is -1.33. The van der Waals surface area contributed by atoms with Crippen LogP contribution in [0.5, 0.6) is 0 Å². The highest BCUT2D eigenvalue weighted by molar-refractivity contribution is 7.17. The lowest BCUT2D eigenvalue weighted by atomic mass is 10.1. The number of hydrogen-bond acceptors (Lipinski definition) is 23. The fraction of sp³-hybridized carbons (Fsp3) is 0.254. The second-order valence-corrected chi connectivity index (χ2v) is 29.4. The first-order valence-corrected chi connectivity index (χ1v) is 36.7. The van der Waals surface area contributed by atoms with Crippen molar-refractivity contribution in [1.82, 2.24) is 78.4 Å². The van der Waals surface area contributed by atoms with Gasteiger partial charge in [-0.3, -0.25) is 53.7 Å². The summed E-state index contributed by atoms with van der Waals surface area (Å²) in [6.07, 6.45) is 4.36. The Hall–Kier alpha value is -12.0. The average molecular weight is 1550 g/mol. The molecule has 0 fully saturated rings. The molecule has 36 heteroatoms. The van der Waals surface area contributed by atoms with E-state index >= 15 is 0 Å². The Bertz CT molecular complexity index is 5060. The minimum absolute atomic E-state index is 0.146. The molecule has 31 nitrogen and oxygen atoms in total. The van der Waals surface area contributed by atoms with E-state index < -0.39 is 71.4 Å². The third-order valence-electron chi connectivity index (χ3n) is 15.5. The maximum atomic E-state index is 12.9. The number of carbonyl (C=O) groups excluding carboxylic acids is 11. The van der Waals surface area contributed by atoms with Crippen LogP contribution in [0, 0.1) is 20.8 Å². The van der Waals surface area contributed by atoms with E-state index in [1.54, 1.807) is 113 Å². The summed E-state index contributed by atoms with van der Waals surface area (Å²) in [5.41, 5.74) is 6.30. The van der Waals surface area contributed by atoms with Gasteiger partial charge in [0.25, 0.3) is 47.3 Å². The molecule has 9 amide bonds. The van der Waals surface area contributed by atoms with Gasteiger partial charge in [0.15, 0.2) is 0 Å². The molecule has 0 radical (unpaired) electrons. The Kier molecular flexibility index (Phi) is 27.1. The maximum absolute atomic E-state index is 12.9. The van der Waals surface area contributed by atoms with Crippen LogP contribution < -0.4 is 47.9 Å². The van der Waals surface area contributed by atoms with Crippen LogP contribution in [0.1, 0.15) is 132 Å². The van der Waals surface area contributed by atoms with Gasteiger partial charge in [0, 0.05) is 48.9 Å². The quantitative estimate of drug-likeness (QED) is 0.0181. The van der Waals surface area contributed by atoms with Crippen LogP contribution >= 0.6 is 56.7 Å². The Morgan fingerprint density at radius 1 is 0.430 bits per heavy atom. The number of aromatic nitrogens is 6. The number of benzene rings is 3. The fourth-order valence-electron chi connectivity index (χ4n) is 10.2. The molecule has 0 spiro atoms. The van der Waals surface area contributed by atoms with Crippen molar-refractivity contribution in [2.75, 3.05) is 33.9 Å². The SMILES string of the molecule is COC(=O)[C@H](CNC(=O)OC(C)(C)C)NC(=O)c1sc(C(=O)NCc2cccc3[nH]ncc23)cc1C.COC(=O)[C@H](CNC(=O)c1cccs1)NC(=O)c1sc(C(=O)NCc2cccc3[nH]ncc23)cc1C.Cc1cc(C(=O)NCc2cccc3[nH]ncc23)sc1C(=O)N[C@@H](CNC(=O)c1cccs1)C(=O)O. The molecule has 13 N–H and O–H groups in total. The van der Waals surface area contributed by atoms with Gasteiger partial charge in [0.2, 0.25) is 0 Å². The Balaban J connectivity index is 0.000000185. The molecule has 11 aromatic rings. The van der Waals surface area contributed by atoms with Crippen molar-refractivity contribution < 1.29 is 76.9 Å². The molecule has 0 unspecified atom stereocenters. The molecule has 0 saturated heterocycles. The number of fused-ring (bicyclic) bond motifs is 3. The molecule has 11 rings (SSSR count). The zero-order valence-corrected chi connectivity index (χ0v) is 62.6. The molecule has 8 heterocycles. The summed E-state index contributed by atoms with van der Waals surface area (Å²) in [6, 6.07) is 24.9. The molecular formula is C71H73N15O16S5. The summed E-state index contributed by atoms with van der Waals surface area (Å²) in [5.74, 6) is -6.25. The molecule has 107 heavy (non-hydrogen) atoms. The van der Waals surface area contributed by atoms with Crippen molar-refractivity contribution >= 4 is 161 Å². The zero-order chi connectivity index (χ0) is 77.1. The highest BCUT2D eigenvalue weighted by Gasteiger charge is 2.30. The van der Waals surface area contributed by atoms with Crippen molar-refractivity contribution in [2.24, 2.45) is 0 Å². The molecule has 0 aliphatic carbocycles. The van der Waals surface area contributed by atoms with Crippen LogP contribution in [0.4, 0.5) is 4.79 Å². The van der Waals surface area contributed by atoms with E-state index in [0.29, 0.717) is 47.6 Å². The van der Waals surface area contributed by atoms with Gasteiger partial charge in [-0.15, -0.1) is 56.7 Å². The lowest BCUT2D eigenvalue weighted by Crippen LogP contribution is -2.49. The number of H-pyrrole nitrogens is 3. The number of aryl methyl sites for hydroxylation is 3. The lowest BCUT2D eigenvalue weighted by Gasteiger charge is -2.21. The number of nitrogens with zero attached hydrogens (tertiary/aromatic N) is 3.